The van der Waals surface area contributed by atoms with Gasteiger partial charge in [-0.1, -0.05) is 6.07 Å². The predicted octanol–water partition coefficient (Wildman–Crippen LogP) is 3.21. The molecular weight excluding hydrogens is 252 g/mol. The van der Waals surface area contributed by atoms with Crippen LogP contribution in [0, 0.1) is 11.6 Å². The Morgan fingerprint density at radius 3 is 2.37 bits per heavy atom. The highest BCUT2D eigenvalue weighted by atomic mass is 19.1. The molecule has 1 atom stereocenters. The fraction of sp³-hybridized carbons (Fsp3) is 0.500. The summed E-state index contributed by atoms with van der Waals surface area (Å²) < 4.78 is 26.7. The highest BCUT2D eigenvalue weighted by Gasteiger charge is 2.30. The van der Waals surface area contributed by atoms with Crippen LogP contribution in [0.15, 0.2) is 18.2 Å². The summed E-state index contributed by atoms with van der Waals surface area (Å²) in [6, 6.07) is 2.89. The van der Waals surface area contributed by atoms with Crippen molar-refractivity contribution in [3.05, 3.63) is 35.4 Å². The zero-order chi connectivity index (χ0) is 14.8. The second kappa shape index (κ2) is 5.65. The number of carboxylic acids is 1. The quantitative estimate of drug-likeness (QED) is 0.914. The summed E-state index contributed by atoms with van der Waals surface area (Å²) in [6.07, 6.45) is 0. The normalized spacial score (nSPS) is 13.6. The van der Waals surface area contributed by atoms with E-state index in [1.54, 1.807) is 11.8 Å². The molecule has 106 valence electrons. The third-order valence-electron chi connectivity index (χ3n) is 3.05. The number of carboxylic acid groups (broad SMARTS) is 1. The molecule has 1 N–H and O–H groups in total. The van der Waals surface area contributed by atoms with E-state index in [0.717, 1.165) is 6.07 Å². The maximum atomic E-state index is 13.8. The molecule has 3 nitrogen and oxygen atoms in total. The van der Waals surface area contributed by atoms with Gasteiger partial charge in [0.05, 0.1) is 6.54 Å². The first-order valence-electron chi connectivity index (χ1n) is 6.06. The maximum absolute atomic E-state index is 13.8. The first-order valence-corrected chi connectivity index (χ1v) is 6.06. The van der Waals surface area contributed by atoms with Crippen LogP contribution in [-0.4, -0.2) is 28.1 Å². The second-order valence-electron chi connectivity index (χ2n) is 5.53. The lowest BCUT2D eigenvalue weighted by Crippen LogP contribution is -2.46. The Bertz CT molecular complexity index is 469. The van der Waals surface area contributed by atoms with E-state index in [0.29, 0.717) is 0 Å². The van der Waals surface area contributed by atoms with Crippen LogP contribution in [0.1, 0.15) is 39.3 Å². The fourth-order valence-electron chi connectivity index (χ4n) is 2.11. The van der Waals surface area contributed by atoms with Gasteiger partial charge in [0.1, 0.15) is 11.6 Å². The number of carbonyl (C=O) groups is 1. The molecule has 0 aliphatic rings. The van der Waals surface area contributed by atoms with Gasteiger partial charge in [-0.2, -0.15) is 0 Å². The van der Waals surface area contributed by atoms with Gasteiger partial charge >= 0.3 is 5.97 Å². The van der Waals surface area contributed by atoms with Crippen molar-refractivity contribution in [3.63, 3.8) is 0 Å². The van der Waals surface area contributed by atoms with Gasteiger partial charge in [-0.05, 0) is 33.8 Å². The summed E-state index contributed by atoms with van der Waals surface area (Å²) in [7, 11) is 0. The SMILES string of the molecule is CC(c1ccc(F)cc1F)N(CC(=O)O)C(C)(C)C. The lowest BCUT2D eigenvalue weighted by atomic mass is 9.98. The van der Waals surface area contributed by atoms with Gasteiger partial charge in [-0.25, -0.2) is 8.78 Å². The topological polar surface area (TPSA) is 40.5 Å². The summed E-state index contributed by atoms with van der Waals surface area (Å²) in [5.74, 6) is -2.29. The summed E-state index contributed by atoms with van der Waals surface area (Å²) in [6.45, 7) is 7.07. The molecule has 1 unspecified atom stereocenters. The van der Waals surface area contributed by atoms with Crippen LogP contribution in [0.3, 0.4) is 0 Å². The van der Waals surface area contributed by atoms with Gasteiger partial charge in [-0.15, -0.1) is 0 Å². The smallest absolute Gasteiger partial charge is 0.317 e. The molecule has 19 heavy (non-hydrogen) atoms. The van der Waals surface area contributed by atoms with E-state index in [-0.39, 0.29) is 12.1 Å². The molecule has 1 rings (SSSR count). The zero-order valence-corrected chi connectivity index (χ0v) is 11.6. The minimum Gasteiger partial charge on any atom is -0.480 e. The second-order valence-corrected chi connectivity index (χ2v) is 5.53. The molecule has 1 aromatic rings. The Labute approximate surface area is 111 Å². The van der Waals surface area contributed by atoms with Crippen LogP contribution >= 0.6 is 0 Å². The number of rotatable bonds is 4. The van der Waals surface area contributed by atoms with Gasteiger partial charge in [-0.3, -0.25) is 9.69 Å². The molecule has 0 saturated heterocycles. The van der Waals surface area contributed by atoms with Crippen molar-refractivity contribution in [2.75, 3.05) is 6.54 Å². The third kappa shape index (κ3) is 3.99. The summed E-state index contributed by atoms with van der Waals surface area (Å²) >= 11 is 0. The highest BCUT2D eigenvalue weighted by molar-refractivity contribution is 5.69. The predicted molar refractivity (Wildman–Crippen MR) is 68.9 cm³/mol. The largest absolute Gasteiger partial charge is 0.480 e. The van der Waals surface area contributed by atoms with E-state index in [1.807, 2.05) is 20.8 Å². The molecule has 1 aromatic carbocycles. The van der Waals surface area contributed by atoms with Crippen molar-refractivity contribution in [1.82, 2.24) is 4.90 Å². The molecule has 0 saturated carbocycles. The van der Waals surface area contributed by atoms with Gasteiger partial charge in [0, 0.05) is 23.2 Å². The lowest BCUT2D eigenvalue weighted by Gasteiger charge is -2.39. The molecule has 0 radical (unpaired) electrons. The fourth-order valence-corrected chi connectivity index (χ4v) is 2.11. The molecule has 0 amide bonds. The number of nitrogens with zero attached hydrogens (tertiary/aromatic N) is 1. The summed E-state index contributed by atoms with van der Waals surface area (Å²) in [4.78, 5) is 12.6. The average Bonchev–Trinajstić information content (AvgIpc) is 2.23. The van der Waals surface area contributed by atoms with E-state index in [2.05, 4.69) is 0 Å². The number of aliphatic carboxylic acids is 1. The number of hydrogen-bond donors (Lipinski definition) is 1. The van der Waals surface area contributed by atoms with E-state index in [1.165, 1.54) is 12.1 Å². The minimum atomic E-state index is -0.982. The van der Waals surface area contributed by atoms with Crippen LogP contribution < -0.4 is 0 Å². The molecule has 0 heterocycles. The Morgan fingerprint density at radius 2 is 1.95 bits per heavy atom. The van der Waals surface area contributed by atoms with Crippen LogP contribution in [-0.2, 0) is 4.79 Å². The van der Waals surface area contributed by atoms with Gasteiger partial charge in [0.25, 0.3) is 0 Å². The van der Waals surface area contributed by atoms with E-state index in [4.69, 9.17) is 5.11 Å². The lowest BCUT2D eigenvalue weighted by molar-refractivity contribution is -0.140. The van der Waals surface area contributed by atoms with E-state index < -0.39 is 29.2 Å². The number of benzene rings is 1. The van der Waals surface area contributed by atoms with E-state index >= 15 is 0 Å². The maximum Gasteiger partial charge on any atom is 0.317 e. The number of hydrogen-bond acceptors (Lipinski definition) is 2. The first kappa shape index (κ1) is 15.6. The summed E-state index contributed by atoms with van der Waals surface area (Å²) in [5.41, 5.74) is -0.156. The molecule has 5 heteroatoms. The van der Waals surface area contributed by atoms with Crippen LogP contribution in [0.4, 0.5) is 8.78 Å². The van der Waals surface area contributed by atoms with Gasteiger partial charge in [0.2, 0.25) is 0 Å². The molecule has 0 spiro atoms. The highest BCUT2D eigenvalue weighted by Crippen LogP contribution is 2.29. The monoisotopic (exact) mass is 271 g/mol. The van der Waals surface area contributed by atoms with Gasteiger partial charge < -0.3 is 5.11 Å². The molecule has 0 fully saturated rings. The standard InChI is InChI=1S/C14H19F2NO2/c1-9(11-6-5-10(15)7-12(11)16)17(8-13(18)19)14(2,3)4/h5-7,9H,8H2,1-4H3,(H,18,19). The van der Waals surface area contributed by atoms with Crippen molar-refractivity contribution in [3.8, 4) is 0 Å². The zero-order valence-electron chi connectivity index (χ0n) is 11.6. The van der Waals surface area contributed by atoms with Crippen molar-refractivity contribution >= 4 is 5.97 Å². The molecular formula is C14H19F2NO2. The Hall–Kier alpha value is -1.49. The molecule has 0 aliphatic carbocycles. The number of halogens is 2. The summed E-state index contributed by atoms with van der Waals surface area (Å²) in [5, 5.41) is 8.96. The van der Waals surface area contributed by atoms with Crippen molar-refractivity contribution in [2.24, 2.45) is 0 Å². The third-order valence-corrected chi connectivity index (χ3v) is 3.05. The van der Waals surface area contributed by atoms with Gasteiger partial charge in [0.15, 0.2) is 0 Å². The van der Waals surface area contributed by atoms with E-state index in [9.17, 15) is 13.6 Å². The molecule has 0 aromatic heterocycles. The minimum absolute atomic E-state index is 0.207. The Morgan fingerprint density at radius 1 is 1.37 bits per heavy atom. The van der Waals surface area contributed by atoms with Crippen LogP contribution in [0.25, 0.3) is 0 Å². The van der Waals surface area contributed by atoms with Crippen molar-refractivity contribution in [2.45, 2.75) is 39.3 Å². The average molecular weight is 271 g/mol. The Kier molecular flexibility index (Phi) is 4.63. The first-order chi connectivity index (χ1) is 8.62. The van der Waals surface area contributed by atoms with Crippen LogP contribution in [0.2, 0.25) is 0 Å². The van der Waals surface area contributed by atoms with Crippen LogP contribution in [0.5, 0.6) is 0 Å². The Balaban J connectivity index is 3.11. The molecule has 0 bridgehead atoms. The molecule has 0 aliphatic heterocycles. The van der Waals surface area contributed by atoms with Crippen molar-refractivity contribution < 1.29 is 18.7 Å². The van der Waals surface area contributed by atoms with Crippen molar-refractivity contribution in [1.29, 1.82) is 0 Å².